The number of nitrogens with zero attached hydrogens (tertiary/aromatic N) is 2. The average molecular weight is 262 g/mol. The predicted molar refractivity (Wildman–Crippen MR) is 75.5 cm³/mol. The fourth-order valence-electron chi connectivity index (χ4n) is 2.04. The van der Waals surface area contributed by atoms with E-state index in [1.54, 1.807) is 4.90 Å². The first kappa shape index (κ1) is 15.4. The van der Waals surface area contributed by atoms with Gasteiger partial charge in [0.25, 0.3) is 0 Å². The molecule has 19 heavy (non-hydrogen) atoms. The molecule has 0 radical (unpaired) electrons. The van der Waals surface area contributed by atoms with Gasteiger partial charge in [-0.1, -0.05) is 5.92 Å². The average Bonchev–Trinajstić information content (AvgIpc) is 2.29. The third-order valence-corrected chi connectivity index (χ3v) is 2.90. The van der Waals surface area contributed by atoms with Crippen molar-refractivity contribution in [3.05, 3.63) is 0 Å². The van der Waals surface area contributed by atoms with E-state index in [2.05, 4.69) is 16.7 Å². The van der Waals surface area contributed by atoms with Crippen LogP contribution in [0.2, 0.25) is 0 Å². The number of amides is 1. The second kappa shape index (κ2) is 6.50. The predicted octanol–water partition coefficient (Wildman–Crippen LogP) is 1.56. The van der Waals surface area contributed by atoms with Crippen molar-refractivity contribution in [2.24, 2.45) is 0 Å². The number of hydrogen-bond donors (Lipinski definition) is 0. The van der Waals surface area contributed by atoms with Gasteiger partial charge in [0.15, 0.2) is 0 Å². The number of ether oxygens (including phenoxy) is 1. The van der Waals surface area contributed by atoms with E-state index in [1.165, 1.54) is 0 Å². The van der Waals surface area contributed by atoms with Gasteiger partial charge in [-0.15, -0.1) is 18.8 Å². The second-order valence-corrected chi connectivity index (χ2v) is 5.66. The summed E-state index contributed by atoms with van der Waals surface area (Å²) in [6, 6.07) is 0.113. The van der Waals surface area contributed by atoms with E-state index in [0.29, 0.717) is 26.1 Å². The minimum atomic E-state index is -0.478. The molecule has 1 aliphatic rings. The molecule has 1 saturated heterocycles. The molecule has 1 amide bonds. The molecule has 0 spiro atoms. The maximum Gasteiger partial charge on any atom is 0.410 e. The molecule has 1 rings (SSSR count). The molecule has 0 saturated carbocycles. The van der Waals surface area contributed by atoms with Gasteiger partial charge in [0.05, 0.1) is 6.54 Å². The van der Waals surface area contributed by atoms with Crippen LogP contribution in [0, 0.1) is 24.7 Å². The van der Waals surface area contributed by atoms with Gasteiger partial charge in [0.2, 0.25) is 0 Å². The van der Waals surface area contributed by atoms with Crippen molar-refractivity contribution in [2.75, 3.05) is 26.2 Å². The Morgan fingerprint density at radius 1 is 1.32 bits per heavy atom. The van der Waals surface area contributed by atoms with Crippen LogP contribution in [0.15, 0.2) is 0 Å². The first-order valence-electron chi connectivity index (χ1n) is 6.46. The minimum absolute atomic E-state index is 0.113. The molecule has 1 atom stereocenters. The molecule has 1 heterocycles. The molecule has 1 aliphatic heterocycles. The Bertz CT molecular complexity index is 398. The molecule has 1 unspecified atom stereocenters. The third kappa shape index (κ3) is 4.85. The highest BCUT2D eigenvalue weighted by atomic mass is 16.6. The summed E-state index contributed by atoms with van der Waals surface area (Å²) in [6.45, 7) is 8.07. The maximum atomic E-state index is 12.0. The van der Waals surface area contributed by atoms with Crippen molar-refractivity contribution in [2.45, 2.75) is 38.8 Å². The highest BCUT2D eigenvalue weighted by Crippen LogP contribution is 2.16. The monoisotopic (exact) mass is 262 g/mol. The van der Waals surface area contributed by atoms with E-state index in [1.807, 2.05) is 20.8 Å². The van der Waals surface area contributed by atoms with Gasteiger partial charge in [0.1, 0.15) is 5.60 Å². The lowest BCUT2D eigenvalue weighted by molar-refractivity contribution is 0.00634. The van der Waals surface area contributed by atoms with Crippen LogP contribution in [0.1, 0.15) is 27.2 Å². The number of terminal acetylenes is 2. The summed E-state index contributed by atoms with van der Waals surface area (Å²) >= 11 is 0. The Hall–Kier alpha value is -1.65. The molecular formula is C15H22N2O2. The van der Waals surface area contributed by atoms with Gasteiger partial charge in [0, 0.05) is 32.1 Å². The number of piperazine rings is 1. The van der Waals surface area contributed by atoms with Crippen molar-refractivity contribution < 1.29 is 9.53 Å². The lowest BCUT2D eigenvalue weighted by atomic mass is 10.1. The van der Waals surface area contributed by atoms with Gasteiger partial charge < -0.3 is 9.64 Å². The van der Waals surface area contributed by atoms with Gasteiger partial charge >= 0.3 is 6.09 Å². The molecule has 4 nitrogen and oxygen atoms in total. The summed E-state index contributed by atoms with van der Waals surface area (Å²) in [6.07, 6.45) is 11.0. The van der Waals surface area contributed by atoms with E-state index >= 15 is 0 Å². The van der Waals surface area contributed by atoms with E-state index < -0.39 is 5.60 Å². The van der Waals surface area contributed by atoms with Crippen molar-refractivity contribution in [3.8, 4) is 24.7 Å². The molecule has 0 aromatic carbocycles. The van der Waals surface area contributed by atoms with Crippen LogP contribution in [0.25, 0.3) is 0 Å². The number of rotatable bonds is 2. The molecule has 1 fully saturated rings. The molecule has 4 heteroatoms. The SMILES string of the molecule is C#CCC1CN(C(=O)OC(C)(C)C)CCN1CC#C. The first-order chi connectivity index (χ1) is 8.87. The molecule has 0 N–H and O–H groups in total. The molecule has 104 valence electrons. The topological polar surface area (TPSA) is 32.8 Å². The van der Waals surface area contributed by atoms with E-state index in [4.69, 9.17) is 17.6 Å². The summed E-state index contributed by atoms with van der Waals surface area (Å²) in [5.74, 6) is 5.28. The Kier molecular flexibility index (Phi) is 5.27. The van der Waals surface area contributed by atoms with Gasteiger partial charge in [-0.05, 0) is 20.8 Å². The molecular weight excluding hydrogens is 240 g/mol. The fourth-order valence-corrected chi connectivity index (χ4v) is 2.04. The van der Waals surface area contributed by atoms with Crippen molar-refractivity contribution in [1.82, 2.24) is 9.80 Å². The van der Waals surface area contributed by atoms with Crippen LogP contribution < -0.4 is 0 Å². The highest BCUT2D eigenvalue weighted by Gasteiger charge is 2.30. The van der Waals surface area contributed by atoms with Gasteiger partial charge in [-0.3, -0.25) is 4.90 Å². The minimum Gasteiger partial charge on any atom is -0.444 e. The van der Waals surface area contributed by atoms with Crippen LogP contribution in [0.4, 0.5) is 4.79 Å². The number of carbonyl (C=O) groups excluding carboxylic acids is 1. The normalized spacial score (nSPS) is 20.5. The molecule has 0 aromatic rings. The fraction of sp³-hybridized carbons (Fsp3) is 0.667. The zero-order valence-electron chi connectivity index (χ0n) is 12.0. The third-order valence-electron chi connectivity index (χ3n) is 2.90. The zero-order chi connectivity index (χ0) is 14.5. The Balaban J connectivity index is 2.64. The number of hydrogen-bond acceptors (Lipinski definition) is 3. The molecule has 0 aliphatic carbocycles. The summed E-state index contributed by atoms with van der Waals surface area (Å²) in [4.78, 5) is 15.9. The highest BCUT2D eigenvalue weighted by molar-refractivity contribution is 5.68. The quantitative estimate of drug-likeness (QED) is 0.708. The number of carbonyl (C=O) groups is 1. The van der Waals surface area contributed by atoms with Gasteiger partial charge in [-0.25, -0.2) is 4.79 Å². The first-order valence-corrected chi connectivity index (χ1v) is 6.46. The summed E-state index contributed by atoms with van der Waals surface area (Å²) in [7, 11) is 0. The van der Waals surface area contributed by atoms with Crippen LogP contribution in [-0.2, 0) is 4.74 Å². The lowest BCUT2D eigenvalue weighted by Crippen LogP contribution is -2.55. The van der Waals surface area contributed by atoms with E-state index in [9.17, 15) is 4.79 Å². The molecule has 0 aromatic heterocycles. The Labute approximate surface area is 116 Å². The van der Waals surface area contributed by atoms with Crippen LogP contribution >= 0.6 is 0 Å². The lowest BCUT2D eigenvalue weighted by Gasteiger charge is -2.40. The van der Waals surface area contributed by atoms with Crippen molar-refractivity contribution in [3.63, 3.8) is 0 Å². The second-order valence-electron chi connectivity index (χ2n) is 5.66. The van der Waals surface area contributed by atoms with Crippen LogP contribution in [0.5, 0.6) is 0 Å². The smallest absolute Gasteiger partial charge is 0.410 e. The summed E-state index contributed by atoms with van der Waals surface area (Å²) in [5, 5.41) is 0. The van der Waals surface area contributed by atoms with E-state index in [0.717, 1.165) is 6.54 Å². The van der Waals surface area contributed by atoms with Crippen molar-refractivity contribution in [1.29, 1.82) is 0 Å². The standard InChI is InChI=1S/C15H22N2O2/c1-6-8-13-12-17(11-10-16(13)9-7-2)14(18)19-15(3,4)5/h1-2,13H,8-12H2,3-5H3. The summed E-state index contributed by atoms with van der Waals surface area (Å²) < 4.78 is 5.38. The Morgan fingerprint density at radius 3 is 2.53 bits per heavy atom. The van der Waals surface area contributed by atoms with E-state index in [-0.39, 0.29) is 12.1 Å². The van der Waals surface area contributed by atoms with Crippen LogP contribution in [-0.4, -0.2) is 53.7 Å². The Morgan fingerprint density at radius 2 is 2.00 bits per heavy atom. The zero-order valence-corrected chi connectivity index (χ0v) is 12.0. The van der Waals surface area contributed by atoms with Crippen LogP contribution in [0.3, 0.4) is 0 Å². The maximum absolute atomic E-state index is 12.0. The summed E-state index contributed by atoms with van der Waals surface area (Å²) in [5.41, 5.74) is -0.478. The van der Waals surface area contributed by atoms with Crippen molar-refractivity contribution >= 4 is 6.09 Å². The van der Waals surface area contributed by atoms with Gasteiger partial charge in [-0.2, -0.15) is 0 Å². The molecule has 0 bridgehead atoms. The largest absolute Gasteiger partial charge is 0.444 e.